The standard InChI is InChI=1S/C12H14O5/c1-12(2,17)6-7-4-3-5-8(10(13)14)9(7)11(15)16/h3-5,17H,6H2,1-2H3,(H,13,14)(H,15,16)/p-2. The highest BCUT2D eigenvalue weighted by atomic mass is 16.4. The second kappa shape index (κ2) is 4.55. The van der Waals surface area contributed by atoms with Crippen LogP contribution in [0.2, 0.25) is 0 Å². The van der Waals surface area contributed by atoms with Crippen LogP contribution in [-0.2, 0) is 6.42 Å². The third-order valence-electron chi connectivity index (χ3n) is 2.20. The fourth-order valence-electron chi connectivity index (χ4n) is 1.62. The van der Waals surface area contributed by atoms with E-state index in [0.29, 0.717) is 0 Å². The fraction of sp³-hybridized carbons (Fsp3) is 0.333. The van der Waals surface area contributed by atoms with Gasteiger partial charge in [0, 0.05) is 17.5 Å². The number of hydrogen-bond donors (Lipinski definition) is 1. The lowest BCUT2D eigenvalue weighted by molar-refractivity contribution is -0.259. The van der Waals surface area contributed by atoms with Crippen molar-refractivity contribution < 1.29 is 24.9 Å². The molecule has 92 valence electrons. The van der Waals surface area contributed by atoms with Gasteiger partial charge in [0.25, 0.3) is 0 Å². The molecule has 0 saturated carbocycles. The van der Waals surface area contributed by atoms with Crippen LogP contribution >= 0.6 is 0 Å². The Morgan fingerprint density at radius 1 is 1.24 bits per heavy atom. The van der Waals surface area contributed by atoms with E-state index in [1.54, 1.807) is 0 Å². The van der Waals surface area contributed by atoms with Crippen molar-refractivity contribution in [3.63, 3.8) is 0 Å². The van der Waals surface area contributed by atoms with E-state index in [1.165, 1.54) is 26.0 Å². The average molecular weight is 236 g/mol. The van der Waals surface area contributed by atoms with Gasteiger partial charge in [-0.3, -0.25) is 0 Å². The van der Waals surface area contributed by atoms with Gasteiger partial charge < -0.3 is 24.9 Å². The fourth-order valence-corrected chi connectivity index (χ4v) is 1.62. The normalized spacial score (nSPS) is 11.2. The molecule has 17 heavy (non-hydrogen) atoms. The number of carboxylic acid groups (broad SMARTS) is 2. The molecule has 0 saturated heterocycles. The smallest absolute Gasteiger partial charge is 0.0724 e. The van der Waals surface area contributed by atoms with Crippen LogP contribution in [0.15, 0.2) is 18.2 Å². The van der Waals surface area contributed by atoms with Gasteiger partial charge in [0.05, 0.1) is 17.5 Å². The van der Waals surface area contributed by atoms with Gasteiger partial charge in [-0.15, -0.1) is 0 Å². The topological polar surface area (TPSA) is 100 Å². The first-order chi connectivity index (χ1) is 7.72. The van der Waals surface area contributed by atoms with E-state index in [4.69, 9.17) is 0 Å². The first-order valence-corrected chi connectivity index (χ1v) is 4.99. The Morgan fingerprint density at radius 2 is 1.82 bits per heavy atom. The number of carbonyl (C=O) groups excluding carboxylic acids is 2. The summed E-state index contributed by atoms with van der Waals surface area (Å²) in [6.07, 6.45) is 0.0113. The van der Waals surface area contributed by atoms with Crippen molar-refractivity contribution in [2.45, 2.75) is 25.9 Å². The van der Waals surface area contributed by atoms with E-state index in [1.807, 2.05) is 0 Å². The molecule has 0 aliphatic heterocycles. The second-order valence-electron chi connectivity index (χ2n) is 4.40. The molecule has 0 atom stereocenters. The van der Waals surface area contributed by atoms with Crippen molar-refractivity contribution in [1.29, 1.82) is 0 Å². The van der Waals surface area contributed by atoms with E-state index in [0.717, 1.165) is 6.07 Å². The zero-order chi connectivity index (χ0) is 13.2. The maximum absolute atomic E-state index is 10.9. The molecule has 1 rings (SSSR count). The third-order valence-corrected chi connectivity index (χ3v) is 2.20. The molecule has 0 heterocycles. The lowest BCUT2D eigenvalue weighted by atomic mass is 9.92. The van der Waals surface area contributed by atoms with E-state index < -0.39 is 28.7 Å². The van der Waals surface area contributed by atoms with Gasteiger partial charge >= 0.3 is 0 Å². The molecule has 0 bridgehead atoms. The van der Waals surface area contributed by atoms with Gasteiger partial charge in [0.2, 0.25) is 0 Å². The Kier molecular flexibility index (Phi) is 3.53. The summed E-state index contributed by atoms with van der Waals surface area (Å²) in [4.78, 5) is 21.7. The lowest BCUT2D eigenvalue weighted by Crippen LogP contribution is -2.33. The monoisotopic (exact) mass is 236 g/mol. The molecule has 0 aromatic heterocycles. The first kappa shape index (κ1) is 13.2. The molecule has 1 aromatic carbocycles. The van der Waals surface area contributed by atoms with Crippen LogP contribution < -0.4 is 10.2 Å². The Bertz CT molecular complexity index is 456. The number of aromatic carboxylic acids is 2. The van der Waals surface area contributed by atoms with Gasteiger partial charge in [0.15, 0.2) is 0 Å². The molecule has 0 aliphatic carbocycles. The van der Waals surface area contributed by atoms with Crippen LogP contribution in [0.5, 0.6) is 0 Å². The lowest BCUT2D eigenvalue weighted by Gasteiger charge is -2.22. The molecule has 0 fully saturated rings. The summed E-state index contributed by atoms with van der Waals surface area (Å²) in [6.45, 7) is 3.00. The van der Waals surface area contributed by atoms with Crippen LogP contribution in [0.25, 0.3) is 0 Å². The number of carboxylic acids is 2. The number of hydrogen-bond acceptors (Lipinski definition) is 5. The minimum atomic E-state index is -1.59. The Morgan fingerprint density at radius 3 is 2.24 bits per heavy atom. The zero-order valence-electron chi connectivity index (χ0n) is 9.52. The minimum Gasteiger partial charge on any atom is -0.545 e. The van der Waals surface area contributed by atoms with Crippen LogP contribution in [-0.4, -0.2) is 22.6 Å². The Balaban J connectivity index is 3.35. The molecule has 5 nitrogen and oxygen atoms in total. The number of carbonyl (C=O) groups is 2. The van der Waals surface area contributed by atoms with Crippen LogP contribution in [0.3, 0.4) is 0 Å². The summed E-state index contributed by atoms with van der Waals surface area (Å²) in [5.41, 5.74) is -1.81. The van der Waals surface area contributed by atoms with Gasteiger partial charge in [0.1, 0.15) is 0 Å². The van der Waals surface area contributed by atoms with E-state index in [9.17, 15) is 24.9 Å². The van der Waals surface area contributed by atoms with Crippen molar-refractivity contribution in [3.05, 3.63) is 34.9 Å². The number of aliphatic hydroxyl groups is 1. The molecule has 0 amide bonds. The predicted octanol–water partition coefficient (Wildman–Crippen LogP) is -1.27. The van der Waals surface area contributed by atoms with Gasteiger partial charge in [-0.1, -0.05) is 18.2 Å². The summed E-state index contributed by atoms with van der Waals surface area (Å²) in [5.74, 6) is -3.18. The van der Waals surface area contributed by atoms with E-state index in [-0.39, 0.29) is 12.0 Å². The molecular weight excluding hydrogens is 224 g/mol. The first-order valence-electron chi connectivity index (χ1n) is 4.99. The molecule has 1 aromatic rings. The molecule has 0 spiro atoms. The van der Waals surface area contributed by atoms with Crippen molar-refractivity contribution >= 4 is 11.9 Å². The molecule has 1 N–H and O–H groups in total. The number of rotatable bonds is 4. The maximum atomic E-state index is 10.9. The van der Waals surface area contributed by atoms with Crippen LogP contribution in [0, 0.1) is 0 Å². The number of benzene rings is 1. The second-order valence-corrected chi connectivity index (χ2v) is 4.40. The predicted molar refractivity (Wildman–Crippen MR) is 55.1 cm³/mol. The summed E-state index contributed by atoms with van der Waals surface area (Å²) in [6, 6.07) is 3.97. The SMILES string of the molecule is CC(C)(O)Cc1cccc(C(=O)[O-])c1C(=O)[O-]. The zero-order valence-corrected chi connectivity index (χ0v) is 9.52. The highest BCUT2D eigenvalue weighted by Crippen LogP contribution is 2.19. The molecular formula is C12H12O5-2. The van der Waals surface area contributed by atoms with Crippen molar-refractivity contribution in [2.24, 2.45) is 0 Å². The maximum Gasteiger partial charge on any atom is 0.0724 e. The van der Waals surface area contributed by atoms with Crippen LogP contribution in [0.1, 0.15) is 40.1 Å². The summed E-state index contributed by atoms with van der Waals surface area (Å²) in [7, 11) is 0. The molecule has 5 heteroatoms. The Hall–Kier alpha value is -1.88. The highest BCUT2D eigenvalue weighted by molar-refractivity contribution is 6.01. The molecule has 0 unspecified atom stereocenters. The highest BCUT2D eigenvalue weighted by Gasteiger charge is 2.18. The van der Waals surface area contributed by atoms with Gasteiger partial charge in [-0.25, -0.2) is 0 Å². The average Bonchev–Trinajstić information content (AvgIpc) is 2.14. The van der Waals surface area contributed by atoms with Crippen molar-refractivity contribution in [3.8, 4) is 0 Å². The summed E-state index contributed by atoms with van der Waals surface area (Å²) < 4.78 is 0. The van der Waals surface area contributed by atoms with E-state index >= 15 is 0 Å². The largest absolute Gasteiger partial charge is 0.545 e. The third kappa shape index (κ3) is 3.29. The van der Waals surface area contributed by atoms with Crippen LogP contribution in [0.4, 0.5) is 0 Å². The molecule has 0 aliphatic rings. The van der Waals surface area contributed by atoms with Crippen molar-refractivity contribution in [1.82, 2.24) is 0 Å². The van der Waals surface area contributed by atoms with Gasteiger partial charge in [-0.2, -0.15) is 0 Å². The van der Waals surface area contributed by atoms with Crippen molar-refractivity contribution in [2.75, 3.05) is 0 Å². The van der Waals surface area contributed by atoms with Gasteiger partial charge in [-0.05, 0) is 19.4 Å². The quantitative estimate of drug-likeness (QED) is 0.702. The summed E-state index contributed by atoms with van der Waals surface area (Å²) in [5, 5.41) is 31.4. The van der Waals surface area contributed by atoms with E-state index in [2.05, 4.69) is 0 Å². The minimum absolute atomic E-state index is 0.0113. The molecule has 0 radical (unpaired) electrons. The Labute approximate surface area is 98.3 Å². The summed E-state index contributed by atoms with van der Waals surface area (Å²) >= 11 is 0.